The number of hydrogen-bond acceptors (Lipinski definition) is 9. The highest BCUT2D eigenvalue weighted by Gasteiger charge is 2.31. The number of aliphatic imine (C=N–C) groups is 1. The van der Waals surface area contributed by atoms with Crippen molar-refractivity contribution >= 4 is 49.3 Å². The Balaban J connectivity index is 1.30. The predicted octanol–water partition coefficient (Wildman–Crippen LogP) is 7.50. The molecule has 0 saturated carbocycles. The maximum atomic E-state index is 14.1. The lowest BCUT2D eigenvalue weighted by atomic mass is 9.86. The normalized spacial score (nSPS) is 12.9. The molecule has 4 aromatic heterocycles. The lowest BCUT2D eigenvalue weighted by molar-refractivity contribution is 0.541. The van der Waals surface area contributed by atoms with Crippen molar-refractivity contribution < 1.29 is 0 Å². The Kier molecular flexibility index (Phi) is 7.88. The van der Waals surface area contributed by atoms with Crippen LogP contribution in [0.3, 0.4) is 0 Å². The molecule has 13 heteroatoms. The average Bonchev–Trinajstić information content (AvgIpc) is 3.82. The minimum Gasteiger partial charge on any atom is -0.296 e. The van der Waals surface area contributed by atoms with E-state index in [0.29, 0.717) is 39.2 Å². The van der Waals surface area contributed by atoms with Crippen molar-refractivity contribution in [3.63, 3.8) is 0 Å². The molecule has 3 aromatic carbocycles. The molecule has 7 aromatic rings. The molecule has 0 bridgehead atoms. The van der Waals surface area contributed by atoms with Crippen molar-refractivity contribution in [2.45, 2.75) is 45.6 Å². The summed E-state index contributed by atoms with van der Waals surface area (Å²) in [5, 5.41) is 11.7. The highest BCUT2D eigenvalue weighted by molar-refractivity contribution is 7.21. The third-order valence-electron chi connectivity index (χ3n) is 8.15. The molecular weight excluding hydrogens is 643 g/mol. The maximum absolute atomic E-state index is 14.1. The number of nitrogens with zero attached hydrogens (tertiary/aromatic N) is 6. The summed E-state index contributed by atoms with van der Waals surface area (Å²) in [7, 11) is 1.63. The molecule has 0 aliphatic heterocycles. The Labute approximate surface area is 283 Å². The summed E-state index contributed by atoms with van der Waals surface area (Å²) in [5.41, 5.74) is 13.7. The largest absolute Gasteiger partial charge is 0.296 e. The number of para-hydroxylation sites is 2. The lowest BCUT2D eigenvalue weighted by Crippen LogP contribution is -2.21. The van der Waals surface area contributed by atoms with E-state index in [9.17, 15) is 9.59 Å². The number of benzene rings is 3. The van der Waals surface area contributed by atoms with Crippen LogP contribution in [-0.2, 0) is 11.8 Å². The standard InChI is InChI=1S/C35H33N9O2S2/c1-19-14-20(16-21(15-19)29-22(18-37-5)31(45)43(41-29)33-38-23-10-6-8-12-26(23)47-33)17-25(40-36)28-30(35(2,3)4)42-44(32(28)46)34-39-24-11-7-9-13-27(24)48-34/h6-16,18,25,36,41-42H,17H2,1-5H3. The summed E-state index contributed by atoms with van der Waals surface area (Å²) < 4.78 is 4.89. The molecule has 7 rings (SSSR count). The molecule has 0 saturated heterocycles. The second-order valence-electron chi connectivity index (χ2n) is 12.7. The quantitative estimate of drug-likeness (QED) is 0.113. The van der Waals surface area contributed by atoms with Crippen LogP contribution >= 0.6 is 22.7 Å². The number of aromatic amines is 2. The smallest absolute Gasteiger partial charge is 0.282 e. The molecular formula is C35H33N9O2S2. The summed E-state index contributed by atoms with van der Waals surface area (Å²) in [6.45, 7) is 8.06. The van der Waals surface area contributed by atoms with Crippen LogP contribution in [0.15, 0.2) is 86.4 Å². The number of aromatic nitrogens is 6. The van der Waals surface area contributed by atoms with Crippen LogP contribution in [0.1, 0.15) is 54.8 Å². The second kappa shape index (κ2) is 12.1. The van der Waals surface area contributed by atoms with Crippen LogP contribution in [0.2, 0.25) is 0 Å². The predicted molar refractivity (Wildman–Crippen MR) is 193 cm³/mol. The SMILES string of the molecule is CN=Cc1c(-c2cc(C)cc(CC(N=N)c3c(C(C)(C)C)[nH]n(-c4nc5ccccc5s4)c3=O)c2)[nH]n(-c2nc3ccccc3s2)c1=O. The van der Waals surface area contributed by atoms with E-state index in [0.717, 1.165) is 37.1 Å². The summed E-state index contributed by atoms with van der Waals surface area (Å²) >= 11 is 2.85. The van der Waals surface area contributed by atoms with E-state index in [2.05, 4.69) is 25.3 Å². The van der Waals surface area contributed by atoms with Gasteiger partial charge in [-0.15, -0.1) is 0 Å². The average molecular weight is 676 g/mol. The number of fused-ring (bicyclic) bond motifs is 2. The first-order valence-electron chi connectivity index (χ1n) is 15.4. The van der Waals surface area contributed by atoms with Gasteiger partial charge >= 0.3 is 0 Å². The highest BCUT2D eigenvalue weighted by Crippen LogP contribution is 2.33. The number of aryl methyl sites for hydroxylation is 1. The summed E-state index contributed by atoms with van der Waals surface area (Å²) in [5.74, 6) is 0. The first-order chi connectivity index (χ1) is 23.0. The van der Waals surface area contributed by atoms with Crippen LogP contribution in [0, 0.1) is 12.5 Å². The Morgan fingerprint density at radius 2 is 1.50 bits per heavy atom. The number of H-pyrrole nitrogens is 2. The molecule has 0 aliphatic rings. The molecule has 0 radical (unpaired) electrons. The molecule has 0 spiro atoms. The van der Waals surface area contributed by atoms with Crippen LogP contribution in [0.4, 0.5) is 0 Å². The topological polar surface area (TPSA) is 150 Å². The van der Waals surface area contributed by atoms with Gasteiger partial charge in [-0.1, -0.05) is 79.3 Å². The number of thiazole rings is 2. The summed E-state index contributed by atoms with van der Waals surface area (Å²) in [6, 6.07) is 20.8. The van der Waals surface area contributed by atoms with Gasteiger partial charge in [0.05, 0.1) is 37.3 Å². The summed E-state index contributed by atoms with van der Waals surface area (Å²) in [6.07, 6.45) is 1.86. The van der Waals surface area contributed by atoms with Crippen LogP contribution in [0.5, 0.6) is 0 Å². The fourth-order valence-corrected chi connectivity index (χ4v) is 7.84. The molecule has 0 fully saturated rings. The van der Waals surface area contributed by atoms with E-state index in [4.69, 9.17) is 10.5 Å². The van der Waals surface area contributed by atoms with Gasteiger partial charge in [-0.2, -0.15) is 14.5 Å². The Morgan fingerprint density at radius 3 is 2.06 bits per heavy atom. The van der Waals surface area contributed by atoms with Gasteiger partial charge < -0.3 is 0 Å². The monoisotopic (exact) mass is 675 g/mol. The lowest BCUT2D eigenvalue weighted by Gasteiger charge is -2.20. The van der Waals surface area contributed by atoms with Crippen molar-refractivity contribution in [2.75, 3.05) is 7.05 Å². The van der Waals surface area contributed by atoms with Crippen molar-refractivity contribution in [1.29, 1.82) is 5.53 Å². The van der Waals surface area contributed by atoms with Crippen molar-refractivity contribution in [1.82, 2.24) is 29.5 Å². The Hall–Kier alpha value is -5.27. The maximum Gasteiger partial charge on any atom is 0.282 e. The van der Waals surface area contributed by atoms with E-state index < -0.39 is 11.5 Å². The highest BCUT2D eigenvalue weighted by atomic mass is 32.1. The fraction of sp³-hybridized carbons (Fsp3) is 0.229. The van der Waals surface area contributed by atoms with Crippen LogP contribution < -0.4 is 11.1 Å². The zero-order chi connectivity index (χ0) is 33.7. The Morgan fingerprint density at radius 1 is 0.896 bits per heavy atom. The minimum atomic E-state index is -0.753. The van der Waals surface area contributed by atoms with Crippen LogP contribution in [0.25, 0.3) is 42.0 Å². The van der Waals surface area contributed by atoms with Gasteiger partial charge in [-0.05, 0) is 48.9 Å². The third kappa shape index (κ3) is 5.54. The van der Waals surface area contributed by atoms with Gasteiger partial charge in [0.25, 0.3) is 11.1 Å². The zero-order valence-corrected chi connectivity index (χ0v) is 28.7. The molecule has 48 heavy (non-hydrogen) atoms. The number of hydrogen-bond donors (Lipinski definition) is 3. The first kappa shape index (κ1) is 31.3. The molecule has 1 atom stereocenters. The molecule has 242 valence electrons. The number of rotatable bonds is 8. The molecule has 4 heterocycles. The van der Waals surface area contributed by atoms with Crippen LogP contribution in [-0.4, -0.2) is 42.8 Å². The van der Waals surface area contributed by atoms with Crippen molar-refractivity contribution in [3.8, 4) is 21.5 Å². The van der Waals surface area contributed by atoms with E-state index in [-0.39, 0.29) is 11.1 Å². The van der Waals surface area contributed by atoms with Gasteiger partial charge in [-0.3, -0.25) is 24.8 Å². The molecule has 0 amide bonds. The van der Waals surface area contributed by atoms with Gasteiger partial charge in [0.15, 0.2) is 0 Å². The van der Waals surface area contributed by atoms with Gasteiger partial charge in [0.1, 0.15) is 6.04 Å². The molecule has 1 unspecified atom stereocenters. The summed E-state index contributed by atoms with van der Waals surface area (Å²) in [4.78, 5) is 41.3. The molecule has 3 N–H and O–H groups in total. The minimum absolute atomic E-state index is 0.255. The second-order valence-corrected chi connectivity index (χ2v) is 14.7. The van der Waals surface area contributed by atoms with Gasteiger partial charge in [0.2, 0.25) is 10.3 Å². The van der Waals surface area contributed by atoms with E-state index in [1.165, 1.54) is 32.0 Å². The van der Waals surface area contributed by atoms with Crippen molar-refractivity contribution in [3.05, 3.63) is 115 Å². The van der Waals surface area contributed by atoms with E-state index in [1.807, 2.05) is 94.4 Å². The molecule has 11 nitrogen and oxygen atoms in total. The third-order valence-corrected chi connectivity index (χ3v) is 10.2. The molecule has 0 aliphatic carbocycles. The van der Waals surface area contributed by atoms with Gasteiger partial charge in [0, 0.05) is 36.4 Å². The van der Waals surface area contributed by atoms with Crippen molar-refractivity contribution in [2.24, 2.45) is 10.1 Å². The first-order valence-corrected chi connectivity index (χ1v) is 17.0. The Bertz CT molecular complexity index is 2420. The van der Waals surface area contributed by atoms with E-state index >= 15 is 0 Å². The fourth-order valence-electron chi connectivity index (χ4n) is 5.99. The zero-order valence-electron chi connectivity index (χ0n) is 27.0. The van der Waals surface area contributed by atoms with Gasteiger partial charge in [-0.25, -0.2) is 15.5 Å². The number of nitrogens with one attached hydrogen (secondary N) is 3. The van der Waals surface area contributed by atoms with E-state index in [1.54, 1.807) is 13.3 Å².